The average molecular weight is 776 g/mol. The predicted octanol–water partition coefficient (Wildman–Crippen LogP) is 16.8. The second-order valence-electron chi connectivity index (χ2n) is 20.0. The first-order valence-electron chi connectivity index (χ1n) is 20.5. The van der Waals surface area contributed by atoms with Gasteiger partial charge in [0.05, 0.1) is 22.1 Å². The molecule has 6 aromatic rings. The van der Waals surface area contributed by atoms with Gasteiger partial charge in [0.25, 0.3) is 0 Å². The first-order chi connectivity index (χ1) is 26.5. The molecular weight excluding hydrogens is 712 g/mol. The molecule has 2 nitrogen and oxygen atoms in total. The van der Waals surface area contributed by atoms with E-state index in [1.807, 2.05) is 0 Å². The summed E-state index contributed by atoms with van der Waals surface area (Å²) in [5.74, 6) is 0. The van der Waals surface area contributed by atoms with Crippen LogP contribution in [0.25, 0.3) is 11.1 Å². The fraction of sp³-hybridized carbons (Fsp3) is 0.333. The normalized spacial score (nSPS) is 12.5. The van der Waals surface area contributed by atoms with Crippen LogP contribution in [-0.4, -0.2) is 0 Å². The number of benzene rings is 6. The monoisotopic (exact) mass is 774 g/mol. The summed E-state index contributed by atoms with van der Waals surface area (Å²) < 4.78 is 0. The smallest absolute Gasteiger partial charge is 0.0887 e. The second kappa shape index (κ2) is 15.5. The standard InChI is InChI=1S/C54H63ClN2/c1-36-18-25-43(26-19-36)56(44-29-22-39(23-30-44)51(3,4)5)48-16-15-17-49(50(48)55)57(45-27-20-37(2)21-28-45)47-31-24-40(52(6,7)8)35-46(47)38-32-41(53(9,10)11)34-42(33-38)54(12,13)14/h15-35H,1-14H3. The Kier molecular flexibility index (Phi) is 11.4. The molecule has 6 aromatic carbocycles. The fourth-order valence-electron chi connectivity index (χ4n) is 7.26. The summed E-state index contributed by atoms with van der Waals surface area (Å²) in [7, 11) is 0. The van der Waals surface area contributed by atoms with Gasteiger partial charge in [-0.15, -0.1) is 0 Å². The van der Waals surface area contributed by atoms with Crippen LogP contribution in [0.1, 0.15) is 116 Å². The average Bonchev–Trinajstić information content (AvgIpc) is 3.13. The summed E-state index contributed by atoms with van der Waals surface area (Å²) in [6.45, 7) is 31.8. The number of nitrogens with zero attached hydrogens (tertiary/aromatic N) is 2. The molecule has 0 radical (unpaired) electrons. The molecule has 0 spiro atoms. The van der Waals surface area contributed by atoms with Gasteiger partial charge in [-0.1, -0.05) is 173 Å². The van der Waals surface area contributed by atoms with E-state index in [4.69, 9.17) is 11.6 Å². The van der Waals surface area contributed by atoms with Gasteiger partial charge in [0.2, 0.25) is 0 Å². The maximum atomic E-state index is 7.85. The highest BCUT2D eigenvalue weighted by Gasteiger charge is 2.28. The van der Waals surface area contributed by atoms with Crippen LogP contribution in [0.2, 0.25) is 5.02 Å². The van der Waals surface area contributed by atoms with Crippen LogP contribution < -0.4 is 9.80 Å². The van der Waals surface area contributed by atoms with Gasteiger partial charge < -0.3 is 9.80 Å². The van der Waals surface area contributed by atoms with Crippen molar-refractivity contribution in [1.29, 1.82) is 0 Å². The molecule has 0 fully saturated rings. The molecule has 296 valence electrons. The number of halogens is 1. The Balaban J connectivity index is 1.66. The van der Waals surface area contributed by atoms with E-state index < -0.39 is 0 Å². The molecule has 0 saturated heterocycles. The van der Waals surface area contributed by atoms with Gasteiger partial charge in [-0.05, 0) is 124 Å². The maximum Gasteiger partial charge on any atom is 0.0887 e. The van der Waals surface area contributed by atoms with E-state index in [9.17, 15) is 0 Å². The molecule has 0 aromatic heterocycles. The molecule has 0 aliphatic carbocycles. The highest BCUT2D eigenvalue weighted by atomic mass is 35.5. The number of aryl methyl sites for hydroxylation is 2. The minimum atomic E-state index is -0.0505. The van der Waals surface area contributed by atoms with E-state index in [1.54, 1.807) is 0 Å². The molecule has 0 unspecified atom stereocenters. The van der Waals surface area contributed by atoms with Crippen LogP contribution in [0.4, 0.5) is 34.1 Å². The molecule has 57 heavy (non-hydrogen) atoms. The third kappa shape index (κ3) is 9.18. The van der Waals surface area contributed by atoms with Crippen LogP contribution in [0, 0.1) is 13.8 Å². The van der Waals surface area contributed by atoms with E-state index in [0.717, 1.165) is 34.1 Å². The van der Waals surface area contributed by atoms with Crippen LogP contribution in [0.5, 0.6) is 0 Å². The van der Waals surface area contributed by atoms with Crippen molar-refractivity contribution >= 4 is 45.7 Å². The first-order valence-corrected chi connectivity index (χ1v) is 20.8. The van der Waals surface area contributed by atoms with Crippen molar-refractivity contribution in [2.45, 2.75) is 119 Å². The summed E-state index contributed by atoms with van der Waals surface area (Å²) in [6, 6.07) is 47.1. The van der Waals surface area contributed by atoms with Crippen molar-refractivity contribution in [3.8, 4) is 11.1 Å². The lowest BCUT2D eigenvalue weighted by atomic mass is 9.78. The molecule has 0 saturated carbocycles. The van der Waals surface area contributed by atoms with Crippen molar-refractivity contribution in [3.05, 3.63) is 166 Å². The third-order valence-electron chi connectivity index (χ3n) is 11.1. The Morgan fingerprint density at radius 3 is 1.19 bits per heavy atom. The van der Waals surface area contributed by atoms with Crippen molar-refractivity contribution in [2.24, 2.45) is 0 Å². The largest absolute Gasteiger partial charge is 0.309 e. The minimum absolute atomic E-state index is 0.0311. The van der Waals surface area contributed by atoms with Crippen molar-refractivity contribution in [3.63, 3.8) is 0 Å². The first kappa shape index (κ1) is 41.8. The lowest BCUT2D eigenvalue weighted by molar-refractivity contribution is 0.569. The fourth-order valence-corrected chi connectivity index (χ4v) is 7.56. The lowest BCUT2D eigenvalue weighted by Crippen LogP contribution is -2.18. The van der Waals surface area contributed by atoms with E-state index in [0.29, 0.717) is 5.02 Å². The molecular formula is C54H63ClN2. The van der Waals surface area contributed by atoms with E-state index in [-0.39, 0.29) is 21.7 Å². The van der Waals surface area contributed by atoms with Crippen molar-refractivity contribution < 1.29 is 0 Å². The number of anilines is 6. The Morgan fingerprint density at radius 2 is 0.754 bits per heavy atom. The molecule has 6 rings (SSSR count). The molecule has 0 amide bonds. The minimum Gasteiger partial charge on any atom is -0.309 e. The summed E-state index contributed by atoms with van der Waals surface area (Å²) in [6.07, 6.45) is 0. The highest BCUT2D eigenvalue weighted by molar-refractivity contribution is 6.36. The molecule has 0 aliphatic heterocycles. The summed E-state index contributed by atoms with van der Waals surface area (Å²) in [5.41, 5.74) is 16.0. The quantitative estimate of drug-likeness (QED) is 0.159. The maximum absolute atomic E-state index is 7.85. The van der Waals surface area contributed by atoms with Gasteiger partial charge in [0.15, 0.2) is 0 Å². The summed E-state index contributed by atoms with van der Waals surface area (Å²) >= 11 is 7.85. The molecule has 0 heterocycles. The van der Waals surface area contributed by atoms with Crippen molar-refractivity contribution in [2.75, 3.05) is 9.80 Å². The number of hydrogen-bond acceptors (Lipinski definition) is 2. The van der Waals surface area contributed by atoms with Gasteiger partial charge >= 0.3 is 0 Å². The van der Waals surface area contributed by atoms with Crippen LogP contribution in [0.3, 0.4) is 0 Å². The molecule has 3 heteroatoms. The zero-order chi connectivity index (χ0) is 41.7. The zero-order valence-corrected chi connectivity index (χ0v) is 37.7. The molecule has 0 bridgehead atoms. The molecule has 0 atom stereocenters. The summed E-state index contributed by atoms with van der Waals surface area (Å²) in [4.78, 5) is 4.65. The predicted molar refractivity (Wildman–Crippen MR) is 251 cm³/mol. The number of rotatable bonds is 7. The van der Waals surface area contributed by atoms with Gasteiger partial charge in [-0.3, -0.25) is 0 Å². The molecule has 0 N–H and O–H groups in total. The van der Waals surface area contributed by atoms with E-state index in [2.05, 4.69) is 234 Å². The Hall–Kier alpha value is -4.79. The Labute approximate surface area is 349 Å². The second-order valence-corrected chi connectivity index (χ2v) is 20.4. The van der Waals surface area contributed by atoms with E-state index in [1.165, 1.54) is 44.5 Å². The third-order valence-corrected chi connectivity index (χ3v) is 11.5. The van der Waals surface area contributed by atoms with Crippen molar-refractivity contribution in [1.82, 2.24) is 0 Å². The number of hydrogen-bond donors (Lipinski definition) is 0. The molecule has 0 aliphatic rings. The van der Waals surface area contributed by atoms with Crippen LogP contribution in [0.15, 0.2) is 127 Å². The summed E-state index contributed by atoms with van der Waals surface area (Å²) in [5, 5.41) is 0.670. The van der Waals surface area contributed by atoms with Gasteiger partial charge in [0.1, 0.15) is 0 Å². The SMILES string of the molecule is Cc1ccc(N(c2ccc(C(C)(C)C)cc2)c2cccc(N(c3ccc(C)cc3)c3ccc(C(C)(C)C)cc3-c3cc(C(C)(C)C)cc(C(C)(C)C)c3)c2Cl)cc1. The van der Waals surface area contributed by atoms with Gasteiger partial charge in [-0.25, -0.2) is 0 Å². The van der Waals surface area contributed by atoms with Gasteiger partial charge in [0, 0.05) is 22.6 Å². The Morgan fingerprint density at radius 1 is 0.368 bits per heavy atom. The van der Waals surface area contributed by atoms with E-state index >= 15 is 0 Å². The van der Waals surface area contributed by atoms with Crippen LogP contribution >= 0.6 is 11.6 Å². The topological polar surface area (TPSA) is 6.48 Å². The van der Waals surface area contributed by atoms with Crippen LogP contribution in [-0.2, 0) is 21.7 Å². The highest BCUT2D eigenvalue weighted by Crippen LogP contribution is 2.50. The Bertz CT molecular complexity index is 2310. The zero-order valence-electron chi connectivity index (χ0n) is 36.9. The van der Waals surface area contributed by atoms with Gasteiger partial charge in [-0.2, -0.15) is 0 Å². The lowest BCUT2D eigenvalue weighted by Gasteiger charge is -2.33.